The number of aromatic nitrogens is 1. The van der Waals surface area contributed by atoms with Gasteiger partial charge in [0, 0.05) is 48.4 Å². The van der Waals surface area contributed by atoms with Gasteiger partial charge >= 0.3 is 0 Å². The largest absolute Gasteiger partial charge is 0.369 e. The molecule has 6 heteroatoms. The molecule has 28 heavy (non-hydrogen) atoms. The number of hydrogen-bond donors (Lipinski definition) is 1. The average molecular weight is 389 g/mol. The summed E-state index contributed by atoms with van der Waals surface area (Å²) in [5.41, 5.74) is 1.15. The molecule has 0 unspecified atom stereocenters. The fraction of sp³-hybridized carbons (Fsp3) is 0.545. The van der Waals surface area contributed by atoms with Crippen LogP contribution >= 0.6 is 0 Å². The van der Waals surface area contributed by atoms with Crippen LogP contribution in [0.3, 0.4) is 0 Å². The van der Waals surface area contributed by atoms with Gasteiger partial charge in [-0.15, -0.1) is 0 Å². The Kier molecular flexibility index (Phi) is 5.87. The monoisotopic (exact) mass is 389 g/mol. The second-order valence-corrected chi connectivity index (χ2v) is 9.12. The van der Waals surface area contributed by atoms with Gasteiger partial charge in [-0.1, -0.05) is 27.7 Å². The van der Waals surface area contributed by atoms with Crippen LogP contribution in [0.1, 0.15) is 52.5 Å². The molecule has 152 valence electrons. The Morgan fingerprint density at radius 1 is 1.29 bits per heavy atom. The third kappa shape index (κ3) is 4.78. The summed E-state index contributed by atoms with van der Waals surface area (Å²) in [6, 6.07) is 6.90. The quantitative estimate of drug-likeness (QED) is 0.806. The predicted octanol–water partition coefficient (Wildman–Crippen LogP) is 4.94. The van der Waals surface area contributed by atoms with Crippen LogP contribution in [0.5, 0.6) is 0 Å². The van der Waals surface area contributed by atoms with E-state index >= 15 is 0 Å². The number of carbonyl (C=O) groups is 1. The lowest BCUT2D eigenvalue weighted by Gasteiger charge is -2.39. The van der Waals surface area contributed by atoms with Crippen molar-refractivity contribution in [2.75, 3.05) is 18.0 Å². The lowest BCUT2D eigenvalue weighted by molar-refractivity contribution is -0.123. The van der Waals surface area contributed by atoms with Crippen molar-refractivity contribution in [3.8, 4) is 0 Å². The molecule has 2 atom stereocenters. The Hall–Kier alpha value is -2.24. The first-order valence-electron chi connectivity index (χ1n) is 9.84. The first-order chi connectivity index (χ1) is 13.1. The number of carbonyl (C=O) groups excluding carboxylic acids is 1. The highest BCUT2D eigenvalue weighted by Gasteiger charge is 2.28. The summed E-state index contributed by atoms with van der Waals surface area (Å²) in [5.74, 6) is 0.446. The topological polar surface area (TPSA) is 45.2 Å². The number of anilines is 1. The number of piperidine rings is 1. The molecule has 1 fully saturated rings. The molecule has 1 N–H and O–H groups in total. The van der Waals surface area contributed by atoms with Crippen molar-refractivity contribution in [3.05, 3.63) is 36.0 Å². The molecule has 1 amide bonds. The fourth-order valence-electron chi connectivity index (χ4n) is 4.04. The second-order valence-electron chi connectivity index (χ2n) is 9.12. The van der Waals surface area contributed by atoms with Crippen LogP contribution in [-0.2, 0) is 4.79 Å². The Morgan fingerprint density at radius 3 is 2.71 bits per heavy atom. The highest BCUT2D eigenvalue weighted by atomic mass is 19.3. The molecule has 1 aromatic heterocycles. The summed E-state index contributed by atoms with van der Waals surface area (Å²) in [6.07, 6.45) is 0.383. The van der Waals surface area contributed by atoms with Crippen molar-refractivity contribution in [2.24, 2.45) is 11.3 Å². The van der Waals surface area contributed by atoms with Crippen LogP contribution in [-0.4, -0.2) is 30.0 Å². The number of alkyl halides is 2. The number of pyridine rings is 1. The molecule has 0 aliphatic carbocycles. The van der Waals surface area contributed by atoms with E-state index in [0.29, 0.717) is 24.4 Å². The van der Waals surface area contributed by atoms with E-state index in [0.717, 1.165) is 24.0 Å². The smallest absolute Gasteiger partial charge is 0.265 e. The maximum absolute atomic E-state index is 13.4. The Morgan fingerprint density at radius 2 is 2.04 bits per heavy atom. The van der Waals surface area contributed by atoms with Crippen molar-refractivity contribution >= 4 is 22.5 Å². The minimum atomic E-state index is -2.56. The van der Waals surface area contributed by atoms with Gasteiger partial charge in [0.25, 0.3) is 6.43 Å². The Labute approximate surface area is 165 Å². The number of amides is 1. The van der Waals surface area contributed by atoms with Crippen LogP contribution in [0.25, 0.3) is 10.9 Å². The third-order valence-corrected chi connectivity index (χ3v) is 5.07. The van der Waals surface area contributed by atoms with Crippen LogP contribution < -0.4 is 10.2 Å². The van der Waals surface area contributed by atoms with Gasteiger partial charge in [-0.05, 0) is 42.0 Å². The molecule has 0 spiro atoms. The summed E-state index contributed by atoms with van der Waals surface area (Å²) in [4.78, 5) is 18.8. The molecule has 1 saturated heterocycles. The van der Waals surface area contributed by atoms with E-state index in [1.165, 1.54) is 6.07 Å². The minimum Gasteiger partial charge on any atom is -0.369 e. The molecule has 0 saturated carbocycles. The summed E-state index contributed by atoms with van der Waals surface area (Å²) in [5, 5.41) is 3.90. The lowest BCUT2D eigenvalue weighted by Crippen LogP contribution is -2.51. The number of fused-ring (bicyclic) bond motifs is 1. The SMILES string of the molecule is C[C@H]1C[C@@H](NC(=O)CC(C)(C)C)CN(c2ccc(C(F)F)c3ncccc23)C1. The van der Waals surface area contributed by atoms with Crippen LogP contribution in [0.15, 0.2) is 30.5 Å². The zero-order chi connectivity index (χ0) is 20.5. The van der Waals surface area contributed by atoms with Gasteiger partial charge in [0.2, 0.25) is 5.91 Å². The van der Waals surface area contributed by atoms with Crippen molar-refractivity contribution in [1.82, 2.24) is 10.3 Å². The van der Waals surface area contributed by atoms with E-state index in [2.05, 4.69) is 22.1 Å². The maximum Gasteiger partial charge on any atom is 0.265 e. The highest BCUT2D eigenvalue weighted by molar-refractivity contribution is 5.94. The van der Waals surface area contributed by atoms with Gasteiger partial charge in [-0.3, -0.25) is 9.78 Å². The molecule has 2 heterocycles. The van der Waals surface area contributed by atoms with Gasteiger partial charge in [0.05, 0.1) is 5.52 Å². The molecule has 1 aromatic carbocycles. The third-order valence-electron chi connectivity index (χ3n) is 5.07. The number of nitrogens with one attached hydrogen (secondary N) is 1. The molecule has 1 aliphatic rings. The summed E-state index contributed by atoms with van der Waals surface area (Å²) >= 11 is 0. The zero-order valence-corrected chi connectivity index (χ0v) is 17.0. The second kappa shape index (κ2) is 8.02. The molecule has 2 aromatic rings. The fourth-order valence-corrected chi connectivity index (χ4v) is 4.04. The Balaban J connectivity index is 1.85. The van der Waals surface area contributed by atoms with Crippen LogP contribution in [0.2, 0.25) is 0 Å². The van der Waals surface area contributed by atoms with E-state index < -0.39 is 6.43 Å². The first-order valence-corrected chi connectivity index (χ1v) is 9.84. The van der Waals surface area contributed by atoms with Crippen LogP contribution in [0, 0.1) is 11.3 Å². The van der Waals surface area contributed by atoms with Gasteiger partial charge in [-0.2, -0.15) is 0 Å². The van der Waals surface area contributed by atoms with E-state index in [9.17, 15) is 13.6 Å². The minimum absolute atomic E-state index is 0.0418. The van der Waals surface area contributed by atoms with E-state index in [1.54, 1.807) is 18.3 Å². The summed E-state index contributed by atoms with van der Waals surface area (Å²) < 4.78 is 26.7. The van der Waals surface area contributed by atoms with Gasteiger partial charge < -0.3 is 10.2 Å². The summed E-state index contributed by atoms with van der Waals surface area (Å²) in [7, 11) is 0. The van der Waals surface area contributed by atoms with Crippen molar-refractivity contribution in [2.45, 2.75) is 53.0 Å². The number of hydrogen-bond acceptors (Lipinski definition) is 3. The molecular formula is C22H29F2N3O. The van der Waals surface area contributed by atoms with E-state index in [4.69, 9.17) is 0 Å². The predicted molar refractivity (Wildman–Crippen MR) is 109 cm³/mol. The van der Waals surface area contributed by atoms with Crippen LogP contribution in [0.4, 0.5) is 14.5 Å². The molecule has 0 radical (unpaired) electrons. The van der Waals surface area contributed by atoms with Crippen molar-refractivity contribution in [1.29, 1.82) is 0 Å². The number of rotatable bonds is 4. The average Bonchev–Trinajstić information content (AvgIpc) is 2.58. The first kappa shape index (κ1) is 20.5. The van der Waals surface area contributed by atoms with Gasteiger partial charge in [0.15, 0.2) is 0 Å². The standard InChI is InChI=1S/C22H29F2N3O/c1-14-10-15(26-19(28)11-22(2,3)4)13-27(12-14)18-8-7-17(21(23)24)20-16(18)6-5-9-25-20/h5-9,14-15,21H,10-13H2,1-4H3,(H,26,28)/t14-,15+/m0/s1. The van der Waals surface area contributed by atoms with Crippen molar-refractivity contribution < 1.29 is 13.6 Å². The number of nitrogens with zero attached hydrogens (tertiary/aromatic N) is 2. The van der Waals surface area contributed by atoms with E-state index in [1.807, 2.05) is 26.8 Å². The zero-order valence-electron chi connectivity index (χ0n) is 17.0. The normalized spacial score (nSPS) is 20.6. The molecule has 1 aliphatic heterocycles. The van der Waals surface area contributed by atoms with Gasteiger partial charge in [-0.25, -0.2) is 8.78 Å². The van der Waals surface area contributed by atoms with Crippen molar-refractivity contribution in [3.63, 3.8) is 0 Å². The van der Waals surface area contributed by atoms with Gasteiger partial charge in [0.1, 0.15) is 0 Å². The number of benzene rings is 1. The molecule has 0 bridgehead atoms. The lowest BCUT2D eigenvalue weighted by atomic mass is 9.90. The maximum atomic E-state index is 13.4. The molecule has 3 rings (SSSR count). The number of halogens is 2. The molecular weight excluding hydrogens is 360 g/mol. The van der Waals surface area contributed by atoms with E-state index in [-0.39, 0.29) is 22.9 Å². The molecule has 4 nitrogen and oxygen atoms in total. The highest BCUT2D eigenvalue weighted by Crippen LogP contribution is 2.34. The Bertz CT molecular complexity index is 847. The summed E-state index contributed by atoms with van der Waals surface area (Å²) in [6.45, 7) is 9.79.